The van der Waals surface area contributed by atoms with Crippen molar-refractivity contribution in [3.63, 3.8) is 0 Å². The van der Waals surface area contributed by atoms with Gasteiger partial charge in [0.2, 0.25) is 5.91 Å². The third-order valence-electron chi connectivity index (χ3n) is 3.50. The maximum Gasteiger partial charge on any atom is 0.237 e. The maximum absolute atomic E-state index is 11.9. The standard InChI is InChI=1S/C15H21N3OS/c1-17-15(19)14-6-2-3-10-18(14)11-13-8-7-12(20-13)5-4-9-16/h7-8,14H,2-3,6,9-11,16H2,1H3,(H,17,19). The SMILES string of the molecule is CNC(=O)C1CCCCN1Cc1ccc(C#CCN)s1. The minimum Gasteiger partial charge on any atom is -0.358 e. The molecule has 0 bridgehead atoms. The summed E-state index contributed by atoms with van der Waals surface area (Å²) in [5, 5.41) is 2.77. The first kappa shape index (κ1) is 15.0. The highest BCUT2D eigenvalue weighted by Gasteiger charge is 2.28. The molecule has 1 aliphatic heterocycles. The molecule has 0 aliphatic carbocycles. The Kier molecular flexibility index (Phi) is 5.60. The lowest BCUT2D eigenvalue weighted by atomic mass is 10.0. The summed E-state index contributed by atoms with van der Waals surface area (Å²) in [5.74, 6) is 6.05. The number of rotatable bonds is 3. The zero-order chi connectivity index (χ0) is 14.4. The van der Waals surface area contributed by atoms with Crippen LogP contribution < -0.4 is 11.1 Å². The van der Waals surface area contributed by atoms with Crippen molar-refractivity contribution in [3.05, 3.63) is 21.9 Å². The number of piperidine rings is 1. The van der Waals surface area contributed by atoms with E-state index in [0.717, 1.165) is 30.8 Å². The Hall–Kier alpha value is -1.35. The lowest BCUT2D eigenvalue weighted by Crippen LogP contribution is -2.48. The van der Waals surface area contributed by atoms with Crippen LogP contribution in [0.25, 0.3) is 0 Å². The van der Waals surface area contributed by atoms with Crippen LogP contribution in [0.5, 0.6) is 0 Å². The second kappa shape index (κ2) is 7.44. The molecule has 3 N–H and O–H groups in total. The number of nitrogens with one attached hydrogen (secondary N) is 1. The predicted octanol–water partition coefficient (Wildman–Crippen LogP) is 1.16. The maximum atomic E-state index is 11.9. The van der Waals surface area contributed by atoms with Crippen molar-refractivity contribution in [2.75, 3.05) is 20.1 Å². The van der Waals surface area contributed by atoms with Gasteiger partial charge in [0.05, 0.1) is 17.5 Å². The summed E-state index contributed by atoms with van der Waals surface area (Å²) in [4.78, 5) is 16.5. The Morgan fingerprint density at radius 2 is 2.40 bits per heavy atom. The van der Waals surface area contributed by atoms with Gasteiger partial charge in [-0.15, -0.1) is 11.3 Å². The first-order valence-corrected chi connectivity index (χ1v) is 7.79. The van der Waals surface area contributed by atoms with E-state index in [9.17, 15) is 4.79 Å². The highest BCUT2D eigenvalue weighted by Crippen LogP contribution is 2.23. The molecule has 1 aromatic rings. The Morgan fingerprint density at radius 3 is 3.15 bits per heavy atom. The highest BCUT2D eigenvalue weighted by atomic mass is 32.1. The molecule has 1 aromatic heterocycles. The minimum absolute atomic E-state index is 0.00873. The van der Waals surface area contributed by atoms with Crippen LogP contribution in [0, 0.1) is 11.8 Å². The smallest absolute Gasteiger partial charge is 0.237 e. The van der Waals surface area contributed by atoms with E-state index >= 15 is 0 Å². The van der Waals surface area contributed by atoms with Crippen LogP contribution in [0.2, 0.25) is 0 Å². The van der Waals surface area contributed by atoms with E-state index in [1.54, 1.807) is 18.4 Å². The molecule has 1 aliphatic rings. The summed E-state index contributed by atoms with van der Waals surface area (Å²) in [6, 6.07) is 4.14. The van der Waals surface area contributed by atoms with Gasteiger partial charge in [-0.2, -0.15) is 0 Å². The molecule has 5 heteroatoms. The van der Waals surface area contributed by atoms with E-state index in [4.69, 9.17) is 5.73 Å². The average Bonchev–Trinajstić information content (AvgIpc) is 2.92. The number of thiophene rings is 1. The second-order valence-electron chi connectivity index (χ2n) is 4.87. The van der Waals surface area contributed by atoms with Gasteiger partial charge in [-0.25, -0.2) is 0 Å². The summed E-state index contributed by atoms with van der Waals surface area (Å²) in [6.45, 7) is 2.20. The highest BCUT2D eigenvalue weighted by molar-refractivity contribution is 7.12. The van der Waals surface area contributed by atoms with Crippen molar-refractivity contribution in [2.45, 2.75) is 31.8 Å². The van der Waals surface area contributed by atoms with Gasteiger partial charge in [0.15, 0.2) is 0 Å². The van der Waals surface area contributed by atoms with Gasteiger partial charge in [0.25, 0.3) is 0 Å². The molecular formula is C15H21N3OS. The lowest BCUT2D eigenvalue weighted by molar-refractivity contribution is -0.127. The average molecular weight is 291 g/mol. The van der Waals surface area contributed by atoms with Crippen molar-refractivity contribution in [1.82, 2.24) is 10.2 Å². The molecule has 1 amide bonds. The minimum atomic E-state index is 0.00873. The van der Waals surface area contributed by atoms with E-state index in [1.807, 2.05) is 6.07 Å². The molecule has 20 heavy (non-hydrogen) atoms. The number of likely N-dealkylation sites (N-methyl/N-ethyl adjacent to an activating group) is 1. The molecule has 0 spiro atoms. The summed E-state index contributed by atoms with van der Waals surface area (Å²) in [6.07, 6.45) is 3.25. The van der Waals surface area contributed by atoms with Crippen LogP contribution in [-0.4, -0.2) is 37.0 Å². The molecule has 2 heterocycles. The number of carbonyl (C=O) groups is 1. The molecule has 1 saturated heterocycles. The van der Waals surface area contributed by atoms with Gasteiger partial charge in [-0.05, 0) is 31.5 Å². The number of amides is 1. The number of hydrogen-bond donors (Lipinski definition) is 2. The lowest BCUT2D eigenvalue weighted by Gasteiger charge is -2.33. The quantitative estimate of drug-likeness (QED) is 0.822. The monoisotopic (exact) mass is 291 g/mol. The molecular weight excluding hydrogens is 270 g/mol. The third-order valence-corrected chi connectivity index (χ3v) is 4.48. The number of carbonyl (C=O) groups excluding carboxylic acids is 1. The number of nitrogens with zero attached hydrogens (tertiary/aromatic N) is 1. The van der Waals surface area contributed by atoms with Crippen LogP contribution in [0.15, 0.2) is 12.1 Å². The molecule has 1 unspecified atom stereocenters. The summed E-state index contributed by atoms with van der Waals surface area (Å²) in [5.41, 5.74) is 5.38. The van der Waals surface area contributed by atoms with Crippen LogP contribution in [0.1, 0.15) is 29.0 Å². The van der Waals surface area contributed by atoms with Crippen molar-refractivity contribution in [2.24, 2.45) is 5.73 Å². The van der Waals surface area contributed by atoms with Crippen molar-refractivity contribution in [3.8, 4) is 11.8 Å². The van der Waals surface area contributed by atoms with Crippen LogP contribution in [-0.2, 0) is 11.3 Å². The number of likely N-dealkylation sites (tertiary alicyclic amines) is 1. The molecule has 0 radical (unpaired) electrons. The summed E-state index contributed by atoms with van der Waals surface area (Å²) in [7, 11) is 1.71. The van der Waals surface area contributed by atoms with E-state index < -0.39 is 0 Å². The Bertz CT molecular complexity index is 515. The van der Waals surface area contributed by atoms with Crippen LogP contribution in [0.3, 0.4) is 0 Å². The van der Waals surface area contributed by atoms with Gasteiger partial charge in [0.1, 0.15) is 0 Å². The van der Waals surface area contributed by atoms with Gasteiger partial charge in [-0.3, -0.25) is 9.69 Å². The second-order valence-corrected chi connectivity index (χ2v) is 6.04. The predicted molar refractivity (Wildman–Crippen MR) is 82.4 cm³/mol. The molecule has 0 aromatic carbocycles. The van der Waals surface area contributed by atoms with Crippen molar-refractivity contribution >= 4 is 17.2 Å². The van der Waals surface area contributed by atoms with Crippen LogP contribution >= 0.6 is 11.3 Å². The molecule has 0 saturated carbocycles. The normalized spacial score (nSPS) is 19.2. The van der Waals surface area contributed by atoms with Gasteiger partial charge < -0.3 is 11.1 Å². The molecule has 1 fully saturated rings. The largest absolute Gasteiger partial charge is 0.358 e. The topological polar surface area (TPSA) is 58.4 Å². The Balaban J connectivity index is 2.03. The van der Waals surface area contributed by atoms with Gasteiger partial charge in [-0.1, -0.05) is 18.3 Å². The van der Waals surface area contributed by atoms with Gasteiger partial charge in [0, 0.05) is 18.5 Å². The van der Waals surface area contributed by atoms with Crippen molar-refractivity contribution < 1.29 is 4.79 Å². The Labute approximate surface area is 124 Å². The number of hydrogen-bond acceptors (Lipinski definition) is 4. The Morgan fingerprint density at radius 1 is 1.55 bits per heavy atom. The first-order chi connectivity index (χ1) is 9.74. The fraction of sp³-hybridized carbons (Fsp3) is 0.533. The van der Waals surface area contributed by atoms with Crippen LogP contribution in [0.4, 0.5) is 0 Å². The van der Waals surface area contributed by atoms with E-state index in [-0.39, 0.29) is 11.9 Å². The summed E-state index contributed by atoms with van der Waals surface area (Å²) < 4.78 is 0. The van der Waals surface area contributed by atoms with Gasteiger partial charge >= 0.3 is 0 Å². The zero-order valence-electron chi connectivity index (χ0n) is 11.8. The molecule has 2 rings (SSSR count). The van der Waals surface area contributed by atoms with E-state index in [1.165, 1.54) is 11.3 Å². The molecule has 4 nitrogen and oxygen atoms in total. The van der Waals surface area contributed by atoms with E-state index in [0.29, 0.717) is 6.54 Å². The molecule has 108 valence electrons. The molecule has 1 atom stereocenters. The van der Waals surface area contributed by atoms with Crippen molar-refractivity contribution in [1.29, 1.82) is 0 Å². The first-order valence-electron chi connectivity index (χ1n) is 6.98. The number of nitrogens with two attached hydrogens (primary N) is 1. The zero-order valence-corrected chi connectivity index (χ0v) is 12.6. The fourth-order valence-corrected chi connectivity index (χ4v) is 3.42. The third kappa shape index (κ3) is 3.83. The summed E-state index contributed by atoms with van der Waals surface area (Å²) >= 11 is 1.69. The fourth-order valence-electron chi connectivity index (χ4n) is 2.51. The van der Waals surface area contributed by atoms with E-state index in [2.05, 4.69) is 28.1 Å².